The van der Waals surface area contributed by atoms with Crippen LogP contribution in [0.3, 0.4) is 0 Å². The Morgan fingerprint density at radius 1 is 1.59 bits per heavy atom. The van der Waals surface area contributed by atoms with Gasteiger partial charge in [0.25, 0.3) is 0 Å². The molecule has 17 heavy (non-hydrogen) atoms. The average Bonchev–Trinajstić information content (AvgIpc) is 2.71. The highest BCUT2D eigenvalue weighted by atomic mass is 127. The molecule has 0 amide bonds. The molecule has 0 spiro atoms. The van der Waals surface area contributed by atoms with Crippen LogP contribution >= 0.6 is 35.3 Å². The molecule has 1 rings (SSSR count). The second-order valence-electron chi connectivity index (χ2n) is 4.05. The van der Waals surface area contributed by atoms with E-state index < -0.39 is 5.60 Å². The van der Waals surface area contributed by atoms with Crippen molar-refractivity contribution in [3.05, 3.63) is 22.4 Å². The number of nitrogens with zero attached hydrogens (tertiary/aromatic N) is 2. The normalized spacial score (nSPS) is 14.8. The highest BCUT2D eigenvalue weighted by Crippen LogP contribution is 2.24. The largest absolute Gasteiger partial charge is 0.383 e. The zero-order valence-corrected chi connectivity index (χ0v) is 13.7. The summed E-state index contributed by atoms with van der Waals surface area (Å²) in [5.74, 6) is 0.761. The molecule has 0 fully saturated rings. The van der Waals surface area contributed by atoms with Crippen molar-refractivity contribution in [2.24, 2.45) is 4.99 Å². The van der Waals surface area contributed by atoms with Crippen molar-refractivity contribution in [3.8, 4) is 0 Å². The SMILES string of the molecule is CN=C(NCC(C)(O)c1cccs1)N(C)C.I. The molecular weight excluding hydrogens is 349 g/mol. The molecule has 0 aromatic carbocycles. The molecule has 1 heterocycles. The van der Waals surface area contributed by atoms with E-state index in [9.17, 15) is 5.11 Å². The Kier molecular flexibility index (Phi) is 7.03. The van der Waals surface area contributed by atoms with Gasteiger partial charge in [-0.2, -0.15) is 0 Å². The number of thiophene rings is 1. The van der Waals surface area contributed by atoms with Crippen molar-refractivity contribution in [1.82, 2.24) is 10.2 Å². The molecule has 0 aliphatic rings. The van der Waals surface area contributed by atoms with E-state index in [4.69, 9.17) is 0 Å². The van der Waals surface area contributed by atoms with Crippen molar-refractivity contribution in [3.63, 3.8) is 0 Å². The Bertz CT molecular complexity index is 350. The van der Waals surface area contributed by atoms with E-state index in [0.29, 0.717) is 6.54 Å². The van der Waals surface area contributed by atoms with Gasteiger partial charge in [0.05, 0.1) is 6.54 Å². The molecule has 4 nitrogen and oxygen atoms in total. The predicted molar refractivity (Wildman–Crippen MR) is 84.4 cm³/mol. The number of guanidine groups is 1. The maximum absolute atomic E-state index is 10.3. The summed E-state index contributed by atoms with van der Waals surface area (Å²) in [5, 5.41) is 15.4. The van der Waals surface area contributed by atoms with Gasteiger partial charge in [0.1, 0.15) is 5.60 Å². The van der Waals surface area contributed by atoms with Gasteiger partial charge in [-0.1, -0.05) is 6.07 Å². The molecule has 0 saturated heterocycles. The summed E-state index contributed by atoms with van der Waals surface area (Å²) < 4.78 is 0. The third kappa shape index (κ3) is 4.81. The Balaban J connectivity index is 0.00000256. The lowest BCUT2D eigenvalue weighted by Gasteiger charge is -2.25. The lowest BCUT2D eigenvalue weighted by molar-refractivity contribution is 0.0651. The van der Waals surface area contributed by atoms with Gasteiger partial charge in [-0.15, -0.1) is 35.3 Å². The summed E-state index contributed by atoms with van der Waals surface area (Å²) in [6.07, 6.45) is 0. The fourth-order valence-corrected chi connectivity index (χ4v) is 2.15. The smallest absolute Gasteiger partial charge is 0.193 e. The number of hydrogen-bond acceptors (Lipinski definition) is 3. The predicted octanol–water partition coefficient (Wildman–Crippen LogP) is 1.71. The molecule has 1 unspecified atom stereocenters. The number of rotatable bonds is 3. The summed E-state index contributed by atoms with van der Waals surface area (Å²) in [6.45, 7) is 2.24. The van der Waals surface area contributed by atoms with Gasteiger partial charge in [0.15, 0.2) is 5.96 Å². The molecule has 1 aromatic heterocycles. The fraction of sp³-hybridized carbons (Fsp3) is 0.545. The highest BCUT2D eigenvalue weighted by molar-refractivity contribution is 14.0. The first-order valence-electron chi connectivity index (χ1n) is 5.11. The van der Waals surface area contributed by atoms with Crippen LogP contribution in [0.2, 0.25) is 0 Å². The van der Waals surface area contributed by atoms with Crippen molar-refractivity contribution >= 4 is 41.3 Å². The van der Waals surface area contributed by atoms with Crippen LogP contribution in [0.25, 0.3) is 0 Å². The van der Waals surface area contributed by atoms with E-state index in [2.05, 4.69) is 10.3 Å². The zero-order valence-electron chi connectivity index (χ0n) is 10.6. The minimum absolute atomic E-state index is 0. The first kappa shape index (κ1) is 16.7. The zero-order chi connectivity index (χ0) is 12.2. The standard InChI is InChI=1S/C11H19N3OS.HI/c1-11(15,9-6-5-7-16-9)8-13-10(12-2)14(3)4;/h5-7,15H,8H2,1-4H3,(H,12,13);1H. The van der Waals surface area contributed by atoms with Crippen LogP contribution in [0.1, 0.15) is 11.8 Å². The van der Waals surface area contributed by atoms with E-state index in [0.717, 1.165) is 10.8 Å². The third-order valence-corrected chi connectivity index (χ3v) is 3.40. The van der Waals surface area contributed by atoms with Crippen LogP contribution in [0.5, 0.6) is 0 Å². The second kappa shape index (κ2) is 7.17. The molecule has 1 atom stereocenters. The lowest BCUT2D eigenvalue weighted by Crippen LogP contribution is -2.43. The van der Waals surface area contributed by atoms with Gasteiger partial charge in [0.2, 0.25) is 0 Å². The molecule has 0 aliphatic heterocycles. The third-order valence-electron chi connectivity index (χ3n) is 2.28. The maximum atomic E-state index is 10.3. The Morgan fingerprint density at radius 2 is 2.24 bits per heavy atom. The van der Waals surface area contributed by atoms with Crippen LogP contribution in [0, 0.1) is 0 Å². The Morgan fingerprint density at radius 3 is 2.65 bits per heavy atom. The number of hydrogen-bond donors (Lipinski definition) is 2. The fourth-order valence-electron chi connectivity index (χ4n) is 1.36. The van der Waals surface area contributed by atoms with E-state index in [1.54, 1.807) is 25.3 Å². The quantitative estimate of drug-likeness (QED) is 0.485. The molecule has 0 radical (unpaired) electrons. The van der Waals surface area contributed by atoms with Crippen molar-refractivity contribution < 1.29 is 5.11 Å². The highest BCUT2D eigenvalue weighted by Gasteiger charge is 2.24. The lowest BCUT2D eigenvalue weighted by atomic mass is 10.1. The van der Waals surface area contributed by atoms with Crippen molar-refractivity contribution in [2.75, 3.05) is 27.7 Å². The summed E-state index contributed by atoms with van der Waals surface area (Å²) in [5.41, 5.74) is -0.861. The average molecular weight is 369 g/mol. The minimum atomic E-state index is -0.861. The van der Waals surface area contributed by atoms with Crippen molar-refractivity contribution in [2.45, 2.75) is 12.5 Å². The van der Waals surface area contributed by atoms with Crippen LogP contribution < -0.4 is 5.32 Å². The molecule has 0 aliphatic carbocycles. The van der Waals surface area contributed by atoms with Crippen LogP contribution in [0.4, 0.5) is 0 Å². The molecule has 98 valence electrons. The van der Waals surface area contributed by atoms with E-state index >= 15 is 0 Å². The molecule has 2 N–H and O–H groups in total. The van der Waals surface area contributed by atoms with Gasteiger partial charge < -0.3 is 15.3 Å². The number of halogens is 1. The summed E-state index contributed by atoms with van der Waals surface area (Å²) in [7, 11) is 5.55. The molecule has 0 bridgehead atoms. The minimum Gasteiger partial charge on any atom is -0.383 e. The number of nitrogens with one attached hydrogen (secondary N) is 1. The topological polar surface area (TPSA) is 47.9 Å². The maximum Gasteiger partial charge on any atom is 0.193 e. The van der Waals surface area contributed by atoms with Crippen LogP contribution in [-0.2, 0) is 5.60 Å². The monoisotopic (exact) mass is 369 g/mol. The summed E-state index contributed by atoms with van der Waals surface area (Å²) >= 11 is 1.55. The van der Waals surface area contributed by atoms with Crippen LogP contribution in [0.15, 0.2) is 22.5 Å². The second-order valence-corrected chi connectivity index (χ2v) is 4.99. The van der Waals surface area contributed by atoms with Crippen molar-refractivity contribution in [1.29, 1.82) is 0 Å². The summed E-state index contributed by atoms with van der Waals surface area (Å²) in [6, 6.07) is 3.88. The molecule has 1 aromatic rings. The summed E-state index contributed by atoms with van der Waals surface area (Å²) in [4.78, 5) is 6.93. The first-order chi connectivity index (χ1) is 7.47. The molecule has 6 heteroatoms. The van der Waals surface area contributed by atoms with Gasteiger partial charge in [-0.25, -0.2) is 0 Å². The van der Waals surface area contributed by atoms with Gasteiger partial charge in [-0.05, 0) is 18.4 Å². The Labute approximate surface area is 124 Å². The van der Waals surface area contributed by atoms with E-state index in [1.165, 1.54) is 0 Å². The number of aliphatic imine (C=N–C) groups is 1. The van der Waals surface area contributed by atoms with Gasteiger partial charge in [0, 0.05) is 26.0 Å². The van der Waals surface area contributed by atoms with E-state index in [1.807, 2.05) is 36.5 Å². The van der Waals surface area contributed by atoms with Gasteiger partial charge >= 0.3 is 0 Å². The molecular formula is C11H20IN3OS. The van der Waals surface area contributed by atoms with E-state index in [-0.39, 0.29) is 24.0 Å². The molecule has 0 saturated carbocycles. The first-order valence-corrected chi connectivity index (χ1v) is 5.99. The number of aliphatic hydroxyl groups is 1. The van der Waals surface area contributed by atoms with Gasteiger partial charge in [-0.3, -0.25) is 4.99 Å². The Hall–Kier alpha value is -0.340. The van der Waals surface area contributed by atoms with Crippen LogP contribution in [-0.4, -0.2) is 43.7 Å².